The van der Waals surface area contributed by atoms with E-state index >= 15 is 0 Å². The van der Waals surface area contributed by atoms with Crippen LogP contribution in [0.1, 0.15) is 47.6 Å². The first-order chi connectivity index (χ1) is 21.1. The molecule has 1 unspecified atom stereocenters. The van der Waals surface area contributed by atoms with Crippen molar-refractivity contribution in [1.82, 2.24) is 0 Å². The fourth-order valence-corrected chi connectivity index (χ4v) is 7.69. The second-order valence-electron chi connectivity index (χ2n) is 12.5. The molecule has 1 aliphatic carbocycles. The Morgan fingerprint density at radius 1 is 0.488 bits per heavy atom. The first-order valence-corrected chi connectivity index (χ1v) is 15.1. The van der Waals surface area contributed by atoms with E-state index in [9.17, 15) is 0 Å². The lowest BCUT2D eigenvalue weighted by molar-refractivity contribution is 0.658. The summed E-state index contributed by atoms with van der Waals surface area (Å²) in [6, 6.07) is 51.2. The molecule has 0 spiro atoms. The predicted octanol–water partition coefficient (Wildman–Crippen LogP) is 11.4. The number of hydrogen-bond donors (Lipinski definition) is 0. The second-order valence-corrected chi connectivity index (χ2v) is 12.5. The summed E-state index contributed by atoms with van der Waals surface area (Å²) < 4.78 is 6.62. The van der Waals surface area contributed by atoms with Gasteiger partial charge in [0, 0.05) is 22.1 Å². The summed E-state index contributed by atoms with van der Waals surface area (Å²) in [5, 5.41) is 7.33. The van der Waals surface area contributed by atoms with E-state index in [0.29, 0.717) is 0 Å². The highest BCUT2D eigenvalue weighted by molar-refractivity contribution is 6.16. The Kier molecular flexibility index (Phi) is 5.08. The molecule has 9 rings (SSSR count). The normalized spacial score (nSPS) is 14.4. The van der Waals surface area contributed by atoms with Crippen molar-refractivity contribution < 1.29 is 4.42 Å². The summed E-state index contributed by atoms with van der Waals surface area (Å²) in [4.78, 5) is 0. The number of benzene rings is 7. The number of rotatable bonds is 3. The summed E-state index contributed by atoms with van der Waals surface area (Å²) in [5.74, 6) is 0.0582. The van der Waals surface area contributed by atoms with Crippen molar-refractivity contribution in [2.45, 2.75) is 25.2 Å². The summed E-state index contributed by atoms with van der Waals surface area (Å²) in [6.07, 6.45) is 0. The minimum absolute atomic E-state index is 0.0563. The van der Waals surface area contributed by atoms with Gasteiger partial charge in [0.2, 0.25) is 0 Å². The fraction of sp³-hybridized carbons (Fsp3) is 0.0952. The van der Waals surface area contributed by atoms with Gasteiger partial charge in [0.25, 0.3) is 0 Å². The zero-order chi connectivity index (χ0) is 28.7. The molecule has 1 atom stereocenters. The van der Waals surface area contributed by atoms with Crippen molar-refractivity contribution in [3.8, 4) is 11.1 Å². The van der Waals surface area contributed by atoms with Crippen molar-refractivity contribution in [2.75, 3.05) is 0 Å². The third-order valence-corrected chi connectivity index (χ3v) is 9.78. The van der Waals surface area contributed by atoms with E-state index in [0.717, 1.165) is 11.2 Å². The Bertz CT molecular complexity index is 2370. The van der Waals surface area contributed by atoms with Crippen LogP contribution in [-0.4, -0.2) is 0 Å². The number of furan rings is 1. The molecule has 1 nitrogen and oxygen atoms in total. The Balaban J connectivity index is 1.31. The minimum Gasteiger partial charge on any atom is -0.456 e. The van der Waals surface area contributed by atoms with Gasteiger partial charge in [0.15, 0.2) is 0 Å². The van der Waals surface area contributed by atoms with E-state index in [1.165, 1.54) is 71.3 Å². The van der Waals surface area contributed by atoms with Crippen LogP contribution in [0.3, 0.4) is 0 Å². The van der Waals surface area contributed by atoms with Gasteiger partial charge in [-0.25, -0.2) is 0 Å². The summed E-state index contributed by atoms with van der Waals surface area (Å²) in [5.41, 5.74) is 11.2. The highest BCUT2D eigenvalue weighted by Gasteiger charge is 2.36. The molecule has 0 saturated heterocycles. The zero-order valence-electron chi connectivity index (χ0n) is 24.3. The van der Waals surface area contributed by atoms with Crippen LogP contribution in [0.2, 0.25) is 0 Å². The van der Waals surface area contributed by atoms with E-state index < -0.39 is 0 Å². The summed E-state index contributed by atoms with van der Waals surface area (Å²) in [7, 11) is 0. The van der Waals surface area contributed by atoms with E-state index in [-0.39, 0.29) is 11.3 Å². The maximum atomic E-state index is 6.62. The number of fused-ring (bicyclic) bond motifs is 9. The van der Waals surface area contributed by atoms with Gasteiger partial charge in [-0.1, -0.05) is 135 Å². The smallest absolute Gasteiger partial charge is 0.136 e. The zero-order valence-corrected chi connectivity index (χ0v) is 24.3. The predicted molar refractivity (Wildman–Crippen MR) is 180 cm³/mol. The molecule has 43 heavy (non-hydrogen) atoms. The van der Waals surface area contributed by atoms with Gasteiger partial charge in [-0.05, 0) is 78.7 Å². The van der Waals surface area contributed by atoms with E-state index in [2.05, 4.69) is 153 Å². The van der Waals surface area contributed by atoms with Gasteiger partial charge in [-0.3, -0.25) is 0 Å². The highest BCUT2D eigenvalue weighted by Crippen LogP contribution is 2.50. The third-order valence-electron chi connectivity index (χ3n) is 9.78. The average molecular weight is 551 g/mol. The molecule has 1 heteroatoms. The highest BCUT2D eigenvalue weighted by atomic mass is 16.3. The monoisotopic (exact) mass is 550 g/mol. The van der Waals surface area contributed by atoms with Crippen molar-refractivity contribution in [2.24, 2.45) is 0 Å². The molecular formula is C42H30O. The van der Waals surface area contributed by atoms with Crippen molar-refractivity contribution in [3.63, 3.8) is 0 Å². The van der Waals surface area contributed by atoms with Crippen LogP contribution >= 0.6 is 0 Å². The lowest BCUT2D eigenvalue weighted by Crippen LogP contribution is -2.15. The van der Waals surface area contributed by atoms with Gasteiger partial charge in [0.05, 0.1) is 0 Å². The Morgan fingerprint density at radius 2 is 1.26 bits per heavy atom. The van der Waals surface area contributed by atoms with Gasteiger partial charge in [-0.15, -0.1) is 0 Å². The maximum absolute atomic E-state index is 6.62. The number of hydrogen-bond acceptors (Lipinski definition) is 1. The third kappa shape index (κ3) is 3.52. The molecular weight excluding hydrogens is 520 g/mol. The fourth-order valence-electron chi connectivity index (χ4n) is 7.69. The SMILES string of the molecule is CC1(C)c2ccccc2-c2ccc(C(c3ccccc3)c3cccc4oc5cc6c(ccc7ccccc76)cc5c34)cc21. The van der Waals surface area contributed by atoms with Gasteiger partial charge in [-0.2, -0.15) is 0 Å². The molecule has 0 bridgehead atoms. The minimum atomic E-state index is -0.0563. The lowest BCUT2D eigenvalue weighted by Gasteiger charge is -2.25. The lowest BCUT2D eigenvalue weighted by atomic mass is 9.78. The largest absolute Gasteiger partial charge is 0.456 e. The molecule has 0 amide bonds. The molecule has 0 saturated carbocycles. The summed E-state index contributed by atoms with van der Waals surface area (Å²) in [6.45, 7) is 4.72. The molecule has 7 aromatic carbocycles. The van der Waals surface area contributed by atoms with Crippen molar-refractivity contribution >= 4 is 43.5 Å². The molecule has 1 heterocycles. The molecule has 1 aromatic heterocycles. The van der Waals surface area contributed by atoms with E-state index in [1.807, 2.05) is 0 Å². The Labute approximate surface area is 251 Å². The average Bonchev–Trinajstić information content (AvgIpc) is 3.52. The standard InChI is InChI=1S/C42H30O/c1-42(2)36-17-9-8-15-31(36)32-22-21-29(24-37(32)42)40(27-12-4-3-5-13-27)33-16-10-18-38-41(33)35-23-28-20-19-26-11-6-7-14-30(26)34(28)25-39(35)43-38/h3-25,40H,1-2H3. The molecule has 0 aliphatic heterocycles. The first kappa shape index (κ1) is 24.5. The molecule has 1 aliphatic rings. The van der Waals surface area contributed by atoms with Crippen molar-refractivity contribution in [1.29, 1.82) is 0 Å². The van der Waals surface area contributed by atoms with Crippen LogP contribution < -0.4 is 0 Å². The molecule has 0 radical (unpaired) electrons. The van der Waals surface area contributed by atoms with Crippen molar-refractivity contribution in [3.05, 3.63) is 167 Å². The van der Waals surface area contributed by atoms with E-state index in [1.54, 1.807) is 0 Å². The van der Waals surface area contributed by atoms with Crippen LogP contribution in [0.5, 0.6) is 0 Å². The summed E-state index contributed by atoms with van der Waals surface area (Å²) >= 11 is 0. The molecule has 0 fully saturated rings. The van der Waals surface area contributed by atoms with Gasteiger partial charge < -0.3 is 4.42 Å². The van der Waals surface area contributed by atoms with Gasteiger partial charge >= 0.3 is 0 Å². The quantitative estimate of drug-likeness (QED) is 0.157. The van der Waals surface area contributed by atoms with Crippen LogP contribution in [0.4, 0.5) is 0 Å². The van der Waals surface area contributed by atoms with E-state index in [4.69, 9.17) is 4.42 Å². The second kappa shape index (κ2) is 8.93. The van der Waals surface area contributed by atoms with Crippen LogP contribution in [0, 0.1) is 0 Å². The van der Waals surface area contributed by atoms with Gasteiger partial charge in [0.1, 0.15) is 11.2 Å². The molecule has 0 N–H and O–H groups in total. The van der Waals surface area contributed by atoms with Crippen LogP contribution in [0.15, 0.2) is 144 Å². The molecule has 8 aromatic rings. The topological polar surface area (TPSA) is 13.1 Å². The first-order valence-electron chi connectivity index (χ1n) is 15.1. The maximum Gasteiger partial charge on any atom is 0.136 e. The van der Waals surface area contributed by atoms with Crippen LogP contribution in [-0.2, 0) is 5.41 Å². The van der Waals surface area contributed by atoms with Crippen LogP contribution in [0.25, 0.3) is 54.6 Å². The molecule has 204 valence electrons. The Morgan fingerprint density at radius 3 is 2.16 bits per heavy atom. The Hall–Kier alpha value is -5.14.